The van der Waals surface area contributed by atoms with Crippen LogP contribution in [0.4, 0.5) is 11.4 Å². The number of benzene rings is 2. The monoisotopic (exact) mass is 548 g/mol. The summed E-state index contributed by atoms with van der Waals surface area (Å²) in [6, 6.07) is 15.8. The number of nitrogens with zero attached hydrogens (tertiary/aromatic N) is 8. The van der Waals surface area contributed by atoms with Crippen LogP contribution in [0.2, 0.25) is 0 Å². The van der Waals surface area contributed by atoms with Crippen LogP contribution in [0.25, 0.3) is 0 Å². The second-order valence-corrected chi connectivity index (χ2v) is 9.54. The normalized spacial score (nSPS) is 19.0. The summed E-state index contributed by atoms with van der Waals surface area (Å²) in [7, 11) is 0. The molecular formula is C21H26Br2N8. The van der Waals surface area contributed by atoms with E-state index in [1.54, 1.807) is 0 Å². The lowest BCUT2D eigenvalue weighted by molar-refractivity contribution is -0.00455. The van der Waals surface area contributed by atoms with Gasteiger partial charge in [0.05, 0.1) is 31.4 Å². The van der Waals surface area contributed by atoms with Crippen LogP contribution in [0.1, 0.15) is 12.8 Å². The van der Waals surface area contributed by atoms with Crippen LogP contribution in [0.15, 0.2) is 78.2 Å². The average Bonchev–Trinajstić information content (AvgIpc) is 2.79. The zero-order valence-corrected chi connectivity index (χ0v) is 20.5. The lowest BCUT2D eigenvalue weighted by Gasteiger charge is -2.39. The van der Waals surface area contributed by atoms with Crippen molar-refractivity contribution >= 4 is 43.2 Å². The molecule has 2 aliphatic rings. The lowest BCUT2D eigenvalue weighted by atomic mass is 10.3. The van der Waals surface area contributed by atoms with Crippen molar-refractivity contribution in [2.75, 3.05) is 46.2 Å². The Morgan fingerprint density at radius 3 is 1.45 bits per heavy atom. The smallest absolute Gasteiger partial charge is 0.0906 e. The Balaban J connectivity index is 1.27. The van der Waals surface area contributed by atoms with E-state index in [0.717, 1.165) is 79.3 Å². The maximum Gasteiger partial charge on any atom is 0.0906 e. The number of hydrogen-bond acceptors (Lipinski definition) is 6. The van der Waals surface area contributed by atoms with Gasteiger partial charge < -0.3 is 0 Å². The first kappa shape index (κ1) is 22.3. The van der Waals surface area contributed by atoms with Crippen molar-refractivity contribution < 1.29 is 0 Å². The first-order valence-electron chi connectivity index (χ1n) is 10.4. The molecule has 2 aromatic carbocycles. The molecule has 0 radical (unpaired) electrons. The van der Waals surface area contributed by atoms with Crippen LogP contribution in [0.3, 0.4) is 0 Å². The zero-order chi connectivity index (χ0) is 21.5. The molecule has 0 spiro atoms. The fourth-order valence-electron chi connectivity index (χ4n) is 3.60. The Morgan fingerprint density at radius 2 is 1.03 bits per heavy atom. The molecule has 2 heterocycles. The molecule has 4 rings (SSSR count). The van der Waals surface area contributed by atoms with Gasteiger partial charge in [-0.05, 0) is 61.4 Å². The molecule has 2 aliphatic heterocycles. The summed E-state index contributed by atoms with van der Waals surface area (Å²) in [5.74, 6) is 0. The Morgan fingerprint density at radius 1 is 0.613 bits per heavy atom. The number of rotatable bonds is 6. The van der Waals surface area contributed by atoms with Gasteiger partial charge in [-0.25, -0.2) is 0 Å². The number of halogens is 2. The Labute approximate surface area is 199 Å². The van der Waals surface area contributed by atoms with Gasteiger partial charge in [0, 0.05) is 35.1 Å². The molecule has 0 unspecified atom stereocenters. The molecule has 10 heteroatoms. The molecule has 0 atom stereocenters. The van der Waals surface area contributed by atoms with Gasteiger partial charge in [-0.15, -0.1) is 10.2 Å². The fraction of sp³-hybridized carbons (Fsp3) is 0.429. The van der Waals surface area contributed by atoms with Crippen molar-refractivity contribution in [3.05, 3.63) is 57.5 Å². The minimum Gasteiger partial charge on any atom is -0.271 e. The van der Waals surface area contributed by atoms with Gasteiger partial charge >= 0.3 is 0 Å². The van der Waals surface area contributed by atoms with Crippen molar-refractivity contribution in [3.63, 3.8) is 0 Å². The van der Waals surface area contributed by atoms with Crippen LogP contribution >= 0.6 is 31.9 Å². The third-order valence-electron chi connectivity index (χ3n) is 5.13. The summed E-state index contributed by atoms with van der Waals surface area (Å²) >= 11 is 6.89. The maximum absolute atomic E-state index is 4.45. The summed E-state index contributed by atoms with van der Waals surface area (Å²) in [5, 5.41) is 21.7. The Kier molecular flexibility index (Phi) is 8.01. The lowest BCUT2D eigenvalue weighted by Crippen LogP contribution is -2.51. The van der Waals surface area contributed by atoms with Gasteiger partial charge in [0.1, 0.15) is 0 Å². The highest BCUT2D eigenvalue weighted by Gasteiger charge is 2.22. The molecule has 0 N–H and O–H groups in total. The standard InChI is InChI=1S/C21H26Br2N8/c22-18-3-7-20(8-4-18)24-26-30-13-1-11-28(16-30)15-29-12-2-14-31(17-29)27-25-21-9-5-19(23)6-10-21/h3-10H,1-2,11-17H2. The molecular weight excluding hydrogens is 524 g/mol. The van der Waals surface area contributed by atoms with Gasteiger partial charge in [0.15, 0.2) is 0 Å². The van der Waals surface area contributed by atoms with E-state index in [1.165, 1.54) is 0 Å². The predicted molar refractivity (Wildman–Crippen MR) is 128 cm³/mol. The van der Waals surface area contributed by atoms with Crippen LogP contribution in [0.5, 0.6) is 0 Å². The van der Waals surface area contributed by atoms with Crippen molar-refractivity contribution in [1.82, 2.24) is 19.8 Å². The first-order valence-corrected chi connectivity index (χ1v) is 12.0. The fourth-order valence-corrected chi connectivity index (χ4v) is 4.13. The third-order valence-corrected chi connectivity index (χ3v) is 6.19. The van der Waals surface area contributed by atoms with Crippen molar-refractivity contribution in [2.24, 2.45) is 20.7 Å². The van der Waals surface area contributed by atoms with E-state index >= 15 is 0 Å². The molecule has 31 heavy (non-hydrogen) atoms. The topological polar surface area (TPSA) is 62.4 Å². The van der Waals surface area contributed by atoms with Crippen molar-refractivity contribution in [1.29, 1.82) is 0 Å². The second kappa shape index (κ2) is 11.1. The zero-order valence-electron chi connectivity index (χ0n) is 17.3. The van der Waals surface area contributed by atoms with Gasteiger partial charge in [-0.2, -0.15) is 0 Å². The van der Waals surface area contributed by atoms with Gasteiger partial charge in [0.2, 0.25) is 0 Å². The van der Waals surface area contributed by atoms with Gasteiger partial charge in [0.25, 0.3) is 0 Å². The summed E-state index contributed by atoms with van der Waals surface area (Å²) in [6.45, 7) is 6.49. The second-order valence-electron chi connectivity index (χ2n) is 7.71. The maximum atomic E-state index is 4.45. The van der Waals surface area contributed by atoms with Crippen LogP contribution in [-0.2, 0) is 0 Å². The molecule has 0 aliphatic carbocycles. The molecule has 0 aromatic heterocycles. The minimum absolute atomic E-state index is 0.789. The summed E-state index contributed by atoms with van der Waals surface area (Å²) in [5.41, 5.74) is 1.73. The molecule has 0 saturated carbocycles. The van der Waals surface area contributed by atoms with Crippen LogP contribution in [0, 0.1) is 0 Å². The van der Waals surface area contributed by atoms with Gasteiger partial charge in [-0.1, -0.05) is 42.3 Å². The van der Waals surface area contributed by atoms with Gasteiger partial charge in [-0.3, -0.25) is 19.8 Å². The molecule has 164 valence electrons. The first-order chi connectivity index (χ1) is 15.1. The third kappa shape index (κ3) is 7.06. The Bertz CT molecular complexity index is 814. The van der Waals surface area contributed by atoms with E-state index in [1.807, 2.05) is 58.5 Å². The quantitative estimate of drug-likeness (QED) is 0.427. The minimum atomic E-state index is 0.789. The summed E-state index contributed by atoms with van der Waals surface area (Å²) < 4.78 is 2.09. The molecule has 0 amide bonds. The van der Waals surface area contributed by atoms with E-state index in [4.69, 9.17) is 0 Å². The predicted octanol–water partition coefficient (Wildman–Crippen LogP) is 5.80. The van der Waals surface area contributed by atoms with E-state index < -0.39 is 0 Å². The summed E-state index contributed by atoms with van der Waals surface area (Å²) in [6.07, 6.45) is 2.17. The highest BCUT2D eigenvalue weighted by atomic mass is 79.9. The average molecular weight is 550 g/mol. The van der Waals surface area contributed by atoms with E-state index in [0.29, 0.717) is 0 Å². The molecule has 2 saturated heterocycles. The largest absolute Gasteiger partial charge is 0.271 e. The van der Waals surface area contributed by atoms with E-state index in [9.17, 15) is 0 Å². The Hall–Kier alpha value is -1.88. The highest BCUT2D eigenvalue weighted by molar-refractivity contribution is 9.10. The van der Waals surface area contributed by atoms with Crippen LogP contribution in [-0.4, -0.2) is 66.0 Å². The van der Waals surface area contributed by atoms with Crippen LogP contribution < -0.4 is 0 Å². The molecule has 2 fully saturated rings. The van der Waals surface area contributed by atoms with Crippen molar-refractivity contribution in [3.8, 4) is 0 Å². The molecule has 2 aromatic rings. The van der Waals surface area contributed by atoms with Crippen molar-refractivity contribution in [2.45, 2.75) is 12.8 Å². The van der Waals surface area contributed by atoms with E-state index in [2.05, 4.69) is 62.3 Å². The SMILES string of the molecule is Brc1ccc(N=NN2CCCN(CN3CCCN(N=Nc4ccc(Br)cc4)C3)C2)cc1. The number of hydrogen-bond donors (Lipinski definition) is 0. The molecule has 0 bridgehead atoms. The molecule has 8 nitrogen and oxygen atoms in total. The highest BCUT2D eigenvalue weighted by Crippen LogP contribution is 2.20. The summed E-state index contributed by atoms with van der Waals surface area (Å²) in [4.78, 5) is 4.83. The van der Waals surface area contributed by atoms with E-state index in [-0.39, 0.29) is 0 Å².